The fourth-order valence-corrected chi connectivity index (χ4v) is 3.40. The van der Waals surface area contributed by atoms with Crippen LogP contribution in [0, 0.1) is 23.7 Å². The van der Waals surface area contributed by atoms with E-state index in [2.05, 4.69) is 5.32 Å². The largest absolute Gasteiger partial charge is 0.481 e. The van der Waals surface area contributed by atoms with Gasteiger partial charge in [0.2, 0.25) is 5.91 Å². The topological polar surface area (TPSA) is 66.4 Å². The summed E-state index contributed by atoms with van der Waals surface area (Å²) < 4.78 is 0. The molecule has 0 saturated heterocycles. The van der Waals surface area contributed by atoms with E-state index in [-0.39, 0.29) is 17.7 Å². The zero-order chi connectivity index (χ0) is 16.4. The standard InChI is InChI=1S/C16H17Cl2NO3/c1-8-3-4-9(2)14(16(21)22)13(8)15(20)19-12-6-10(17)5-11(18)7-12/h3-9,13-14H,1-2H3,(H,19,20)(H,21,22). The summed E-state index contributed by atoms with van der Waals surface area (Å²) in [5.74, 6) is -3.06. The minimum absolute atomic E-state index is 0.160. The van der Waals surface area contributed by atoms with Gasteiger partial charge in [0.05, 0.1) is 11.8 Å². The van der Waals surface area contributed by atoms with Crippen molar-refractivity contribution in [3.05, 3.63) is 40.4 Å². The molecule has 4 atom stereocenters. The predicted molar refractivity (Wildman–Crippen MR) is 87.2 cm³/mol. The number of hydrogen-bond donors (Lipinski definition) is 2. The summed E-state index contributed by atoms with van der Waals surface area (Å²) in [6.45, 7) is 3.64. The zero-order valence-corrected chi connectivity index (χ0v) is 13.7. The maximum absolute atomic E-state index is 12.6. The van der Waals surface area contributed by atoms with Gasteiger partial charge < -0.3 is 10.4 Å². The van der Waals surface area contributed by atoms with Gasteiger partial charge in [0, 0.05) is 15.7 Å². The van der Waals surface area contributed by atoms with Gasteiger partial charge in [0.1, 0.15) is 0 Å². The van der Waals surface area contributed by atoms with Crippen LogP contribution in [-0.2, 0) is 9.59 Å². The summed E-state index contributed by atoms with van der Waals surface area (Å²) in [7, 11) is 0. The number of rotatable bonds is 3. The van der Waals surface area contributed by atoms with Crippen LogP contribution in [0.15, 0.2) is 30.4 Å². The van der Waals surface area contributed by atoms with Crippen LogP contribution in [-0.4, -0.2) is 17.0 Å². The van der Waals surface area contributed by atoms with E-state index in [4.69, 9.17) is 23.2 Å². The predicted octanol–water partition coefficient (Wildman–Crippen LogP) is 4.09. The fourth-order valence-electron chi connectivity index (χ4n) is 2.88. The van der Waals surface area contributed by atoms with Gasteiger partial charge in [-0.15, -0.1) is 0 Å². The van der Waals surface area contributed by atoms with Crippen LogP contribution in [0.1, 0.15) is 13.8 Å². The highest BCUT2D eigenvalue weighted by Crippen LogP contribution is 2.35. The number of aliphatic carboxylic acids is 1. The lowest BCUT2D eigenvalue weighted by atomic mass is 9.71. The average molecular weight is 342 g/mol. The van der Waals surface area contributed by atoms with Gasteiger partial charge in [0.15, 0.2) is 0 Å². The Bertz CT molecular complexity index is 610. The minimum Gasteiger partial charge on any atom is -0.481 e. The van der Waals surface area contributed by atoms with Crippen LogP contribution in [0.2, 0.25) is 10.0 Å². The van der Waals surface area contributed by atoms with Gasteiger partial charge in [-0.3, -0.25) is 9.59 Å². The molecule has 2 N–H and O–H groups in total. The number of carboxylic acids is 1. The van der Waals surface area contributed by atoms with E-state index in [0.717, 1.165) is 0 Å². The molecule has 1 aromatic carbocycles. The van der Waals surface area contributed by atoms with Crippen molar-refractivity contribution in [2.75, 3.05) is 5.32 Å². The molecule has 0 spiro atoms. The van der Waals surface area contributed by atoms with Gasteiger partial charge in [-0.05, 0) is 30.0 Å². The third kappa shape index (κ3) is 3.62. The minimum atomic E-state index is -0.965. The zero-order valence-electron chi connectivity index (χ0n) is 12.2. The highest BCUT2D eigenvalue weighted by Gasteiger charge is 2.41. The first-order valence-corrected chi connectivity index (χ1v) is 7.73. The van der Waals surface area contributed by atoms with Crippen molar-refractivity contribution < 1.29 is 14.7 Å². The second-order valence-corrected chi connectivity index (χ2v) is 6.51. The summed E-state index contributed by atoms with van der Waals surface area (Å²) in [6, 6.07) is 4.72. The smallest absolute Gasteiger partial charge is 0.307 e. The van der Waals surface area contributed by atoms with Gasteiger partial charge in [0.25, 0.3) is 0 Å². The van der Waals surface area contributed by atoms with Crippen molar-refractivity contribution >= 4 is 40.8 Å². The summed E-state index contributed by atoms with van der Waals surface area (Å²) in [5, 5.41) is 13.0. The first-order valence-electron chi connectivity index (χ1n) is 6.97. The lowest BCUT2D eigenvalue weighted by Gasteiger charge is -2.33. The van der Waals surface area contributed by atoms with Crippen LogP contribution in [0.5, 0.6) is 0 Å². The molecule has 0 aliphatic heterocycles. The summed E-state index contributed by atoms with van der Waals surface area (Å²) in [5.41, 5.74) is 0.459. The van der Waals surface area contributed by atoms with E-state index in [0.29, 0.717) is 15.7 Å². The van der Waals surface area contributed by atoms with E-state index in [1.54, 1.807) is 25.1 Å². The van der Waals surface area contributed by atoms with Crippen LogP contribution in [0.4, 0.5) is 5.69 Å². The number of nitrogens with one attached hydrogen (secondary N) is 1. The van der Waals surface area contributed by atoms with Crippen LogP contribution in [0.3, 0.4) is 0 Å². The van der Waals surface area contributed by atoms with Crippen molar-refractivity contribution in [1.82, 2.24) is 0 Å². The van der Waals surface area contributed by atoms with E-state index in [1.165, 1.54) is 0 Å². The molecule has 1 amide bonds. The molecule has 2 rings (SSSR count). The molecule has 0 bridgehead atoms. The number of carbonyl (C=O) groups excluding carboxylic acids is 1. The molecule has 0 saturated carbocycles. The van der Waals surface area contributed by atoms with E-state index in [1.807, 2.05) is 19.1 Å². The van der Waals surface area contributed by atoms with Gasteiger partial charge in [-0.1, -0.05) is 49.2 Å². The van der Waals surface area contributed by atoms with Crippen LogP contribution < -0.4 is 5.32 Å². The summed E-state index contributed by atoms with van der Waals surface area (Å²) in [6.07, 6.45) is 3.74. The third-order valence-corrected chi connectivity index (χ3v) is 4.39. The van der Waals surface area contributed by atoms with E-state index in [9.17, 15) is 14.7 Å². The Kier molecular flexibility index (Phi) is 5.14. The average Bonchev–Trinajstić information content (AvgIpc) is 2.39. The molecule has 0 fully saturated rings. The number of halogens is 2. The number of amides is 1. The summed E-state index contributed by atoms with van der Waals surface area (Å²) >= 11 is 11.8. The molecule has 1 aliphatic carbocycles. The Labute approximate surface area is 139 Å². The monoisotopic (exact) mass is 341 g/mol. The Hall–Kier alpha value is -1.52. The second-order valence-electron chi connectivity index (χ2n) is 5.64. The number of anilines is 1. The van der Waals surface area contributed by atoms with Crippen LogP contribution >= 0.6 is 23.2 Å². The van der Waals surface area contributed by atoms with E-state index < -0.39 is 17.8 Å². The van der Waals surface area contributed by atoms with Crippen molar-refractivity contribution in [1.29, 1.82) is 0 Å². The number of allylic oxidation sites excluding steroid dienone is 2. The Morgan fingerprint density at radius 2 is 1.50 bits per heavy atom. The normalized spacial score (nSPS) is 27.5. The fraction of sp³-hybridized carbons (Fsp3) is 0.375. The van der Waals surface area contributed by atoms with Gasteiger partial charge in [-0.25, -0.2) is 0 Å². The number of benzene rings is 1. The molecule has 4 nitrogen and oxygen atoms in total. The van der Waals surface area contributed by atoms with Gasteiger partial charge >= 0.3 is 5.97 Å². The number of carboxylic acid groups (broad SMARTS) is 1. The van der Waals surface area contributed by atoms with Crippen molar-refractivity contribution in [2.24, 2.45) is 23.7 Å². The van der Waals surface area contributed by atoms with Crippen molar-refractivity contribution in [2.45, 2.75) is 13.8 Å². The summed E-state index contributed by atoms with van der Waals surface area (Å²) in [4.78, 5) is 24.1. The lowest BCUT2D eigenvalue weighted by molar-refractivity contribution is -0.149. The molecular weight excluding hydrogens is 325 g/mol. The molecule has 0 radical (unpaired) electrons. The van der Waals surface area contributed by atoms with Crippen molar-refractivity contribution in [3.8, 4) is 0 Å². The number of hydrogen-bond acceptors (Lipinski definition) is 2. The van der Waals surface area contributed by atoms with Gasteiger partial charge in [-0.2, -0.15) is 0 Å². The number of carbonyl (C=O) groups is 2. The maximum Gasteiger partial charge on any atom is 0.307 e. The molecule has 0 heterocycles. The molecule has 1 aliphatic rings. The molecule has 22 heavy (non-hydrogen) atoms. The highest BCUT2D eigenvalue weighted by atomic mass is 35.5. The molecule has 118 valence electrons. The molecule has 0 aromatic heterocycles. The molecule has 1 aromatic rings. The maximum atomic E-state index is 12.6. The second kappa shape index (κ2) is 6.71. The van der Waals surface area contributed by atoms with Crippen LogP contribution in [0.25, 0.3) is 0 Å². The van der Waals surface area contributed by atoms with E-state index >= 15 is 0 Å². The molecule has 6 heteroatoms. The first kappa shape index (κ1) is 16.8. The van der Waals surface area contributed by atoms with Crippen molar-refractivity contribution in [3.63, 3.8) is 0 Å². The quantitative estimate of drug-likeness (QED) is 0.813. The Balaban J connectivity index is 2.26. The first-order chi connectivity index (χ1) is 10.3. The molecule has 4 unspecified atom stereocenters. The third-order valence-electron chi connectivity index (χ3n) is 3.96. The SMILES string of the molecule is CC1C=CC(C)C(C(=O)Nc2cc(Cl)cc(Cl)c2)C1C(=O)O. The Morgan fingerprint density at radius 1 is 1.00 bits per heavy atom. The molecular formula is C16H17Cl2NO3. The Morgan fingerprint density at radius 3 is 2.00 bits per heavy atom. The highest BCUT2D eigenvalue weighted by molar-refractivity contribution is 6.35. The lowest BCUT2D eigenvalue weighted by Crippen LogP contribution is -2.42.